The zero-order valence-corrected chi connectivity index (χ0v) is 11.5. The Morgan fingerprint density at radius 2 is 2.30 bits per heavy atom. The van der Waals surface area contributed by atoms with Crippen molar-refractivity contribution in [1.82, 2.24) is 5.32 Å². The van der Waals surface area contributed by atoms with Gasteiger partial charge in [-0.1, -0.05) is 23.3 Å². The van der Waals surface area contributed by atoms with Crippen LogP contribution in [0.2, 0.25) is 0 Å². The lowest BCUT2D eigenvalue weighted by atomic mass is 10.1. The highest BCUT2D eigenvalue weighted by molar-refractivity contribution is 7.17. The number of nitrogens with one attached hydrogen (secondary N) is 1. The van der Waals surface area contributed by atoms with Gasteiger partial charge in [-0.25, -0.2) is 0 Å². The first-order chi connectivity index (χ1) is 9.74. The smallest absolute Gasteiger partial charge is 0.325 e. The Morgan fingerprint density at radius 1 is 1.50 bits per heavy atom. The van der Waals surface area contributed by atoms with Gasteiger partial charge in [0.1, 0.15) is 6.04 Å². The van der Waals surface area contributed by atoms with Gasteiger partial charge in [0.15, 0.2) is 0 Å². The first-order valence-corrected chi connectivity index (χ1v) is 7.05. The van der Waals surface area contributed by atoms with Crippen molar-refractivity contribution in [2.24, 2.45) is 5.11 Å². The highest BCUT2D eigenvalue weighted by atomic mass is 32.1. The number of thiophene rings is 1. The summed E-state index contributed by atoms with van der Waals surface area (Å²) < 4.78 is 1.07. The van der Waals surface area contributed by atoms with E-state index >= 15 is 0 Å². The number of aliphatic carboxylic acids is 1. The SMILES string of the molecule is [N-]=[N+]=NCCCNC(C(=O)O)c1csc2ccccc12. The summed E-state index contributed by atoms with van der Waals surface area (Å²) in [7, 11) is 0. The second kappa shape index (κ2) is 6.91. The zero-order chi connectivity index (χ0) is 14.4. The van der Waals surface area contributed by atoms with Crippen molar-refractivity contribution in [2.75, 3.05) is 13.1 Å². The molecular weight excluding hydrogens is 276 g/mol. The number of hydrogen-bond donors (Lipinski definition) is 2. The molecule has 20 heavy (non-hydrogen) atoms. The number of azide groups is 1. The Morgan fingerprint density at radius 3 is 3.05 bits per heavy atom. The molecule has 0 aliphatic rings. The Balaban J connectivity index is 2.12. The largest absolute Gasteiger partial charge is 0.480 e. The van der Waals surface area contributed by atoms with E-state index in [1.54, 1.807) is 0 Å². The van der Waals surface area contributed by atoms with Crippen molar-refractivity contribution >= 4 is 27.4 Å². The molecule has 0 fully saturated rings. The van der Waals surface area contributed by atoms with Gasteiger partial charge in [0.25, 0.3) is 0 Å². The lowest BCUT2D eigenvalue weighted by Crippen LogP contribution is -2.29. The average Bonchev–Trinajstić information content (AvgIpc) is 2.86. The van der Waals surface area contributed by atoms with Gasteiger partial charge in [-0.05, 0) is 40.9 Å². The summed E-state index contributed by atoms with van der Waals surface area (Å²) in [5.41, 5.74) is 8.96. The quantitative estimate of drug-likeness (QED) is 0.354. The predicted molar refractivity (Wildman–Crippen MR) is 78.8 cm³/mol. The Labute approximate surface area is 119 Å². The minimum Gasteiger partial charge on any atom is -0.480 e. The number of fused-ring (bicyclic) bond motifs is 1. The summed E-state index contributed by atoms with van der Waals surface area (Å²) >= 11 is 1.54. The molecule has 7 heteroatoms. The van der Waals surface area contributed by atoms with Crippen LogP contribution in [-0.2, 0) is 4.79 Å². The fourth-order valence-corrected chi connectivity index (χ4v) is 2.98. The highest BCUT2D eigenvalue weighted by Crippen LogP contribution is 2.30. The maximum atomic E-state index is 11.4. The first-order valence-electron chi connectivity index (χ1n) is 6.17. The highest BCUT2D eigenvalue weighted by Gasteiger charge is 2.21. The molecule has 2 aromatic rings. The molecule has 0 aliphatic carbocycles. The van der Waals surface area contributed by atoms with Gasteiger partial charge < -0.3 is 10.4 Å². The van der Waals surface area contributed by atoms with Crippen LogP contribution in [0.15, 0.2) is 34.8 Å². The molecule has 0 spiro atoms. The molecule has 1 aromatic carbocycles. The van der Waals surface area contributed by atoms with Crippen molar-refractivity contribution in [2.45, 2.75) is 12.5 Å². The van der Waals surface area contributed by atoms with Crippen LogP contribution in [0, 0.1) is 0 Å². The second-order valence-electron chi connectivity index (χ2n) is 4.22. The normalized spacial score (nSPS) is 12.0. The van der Waals surface area contributed by atoms with Crippen molar-refractivity contribution in [1.29, 1.82) is 0 Å². The number of carboxylic acids is 1. The van der Waals surface area contributed by atoms with Gasteiger partial charge >= 0.3 is 5.97 Å². The van der Waals surface area contributed by atoms with Gasteiger partial charge in [0.05, 0.1) is 0 Å². The third kappa shape index (κ3) is 3.27. The second-order valence-corrected chi connectivity index (χ2v) is 5.13. The van der Waals surface area contributed by atoms with E-state index in [0.29, 0.717) is 19.5 Å². The molecule has 1 atom stereocenters. The molecule has 1 heterocycles. The molecule has 1 aromatic heterocycles. The van der Waals surface area contributed by atoms with Gasteiger partial charge in [0, 0.05) is 16.2 Å². The van der Waals surface area contributed by atoms with Crippen molar-refractivity contribution in [3.05, 3.63) is 45.7 Å². The van der Waals surface area contributed by atoms with Crippen LogP contribution < -0.4 is 5.32 Å². The van der Waals surface area contributed by atoms with Crippen LogP contribution in [0.3, 0.4) is 0 Å². The Hall–Kier alpha value is -2.08. The minimum atomic E-state index is -0.905. The van der Waals surface area contributed by atoms with Crippen LogP contribution in [0.25, 0.3) is 20.5 Å². The van der Waals surface area contributed by atoms with Crippen molar-refractivity contribution in [3.8, 4) is 0 Å². The molecular formula is C13H14N4O2S. The van der Waals surface area contributed by atoms with E-state index in [4.69, 9.17) is 5.53 Å². The summed E-state index contributed by atoms with van der Waals surface area (Å²) in [5.74, 6) is -0.905. The van der Waals surface area contributed by atoms with Crippen LogP contribution in [0.1, 0.15) is 18.0 Å². The molecule has 0 aliphatic heterocycles. The molecule has 0 bridgehead atoms. The van der Waals surface area contributed by atoms with Crippen molar-refractivity contribution < 1.29 is 9.90 Å². The lowest BCUT2D eigenvalue weighted by molar-refractivity contribution is -0.139. The Bertz CT molecular complexity index is 649. The van der Waals surface area contributed by atoms with E-state index < -0.39 is 12.0 Å². The predicted octanol–water partition coefficient (Wildman–Crippen LogP) is 3.32. The summed E-state index contributed by atoms with van der Waals surface area (Å²) in [6, 6.07) is 7.00. The van der Waals surface area contributed by atoms with E-state index in [9.17, 15) is 9.90 Å². The molecule has 2 N–H and O–H groups in total. The summed E-state index contributed by atoms with van der Waals surface area (Å²) in [6.07, 6.45) is 0.607. The fourth-order valence-electron chi connectivity index (χ4n) is 1.99. The summed E-state index contributed by atoms with van der Waals surface area (Å²) in [4.78, 5) is 14.1. The lowest BCUT2D eigenvalue weighted by Gasteiger charge is -2.13. The third-order valence-electron chi connectivity index (χ3n) is 2.92. The van der Waals surface area contributed by atoms with E-state index in [0.717, 1.165) is 15.6 Å². The number of rotatable bonds is 7. The molecule has 0 radical (unpaired) electrons. The van der Waals surface area contributed by atoms with E-state index in [2.05, 4.69) is 15.3 Å². The molecule has 0 amide bonds. The van der Waals surface area contributed by atoms with Gasteiger partial charge in [-0.3, -0.25) is 4.79 Å². The van der Waals surface area contributed by atoms with E-state index in [-0.39, 0.29) is 0 Å². The van der Waals surface area contributed by atoms with Gasteiger partial charge in [-0.15, -0.1) is 11.3 Å². The van der Waals surface area contributed by atoms with E-state index in [1.807, 2.05) is 29.6 Å². The summed E-state index contributed by atoms with van der Waals surface area (Å²) in [6.45, 7) is 0.848. The maximum Gasteiger partial charge on any atom is 0.325 e. The number of hydrogen-bond acceptors (Lipinski definition) is 4. The van der Waals surface area contributed by atoms with Crippen LogP contribution in [0.4, 0.5) is 0 Å². The first kappa shape index (κ1) is 14.3. The monoisotopic (exact) mass is 290 g/mol. The zero-order valence-electron chi connectivity index (χ0n) is 10.7. The molecule has 1 unspecified atom stereocenters. The molecule has 2 rings (SSSR count). The summed E-state index contributed by atoms with van der Waals surface area (Å²) in [5, 5.41) is 18.6. The molecule has 0 saturated carbocycles. The topological polar surface area (TPSA) is 98.1 Å². The van der Waals surface area contributed by atoms with Crippen LogP contribution in [-0.4, -0.2) is 24.2 Å². The minimum absolute atomic E-state index is 0.361. The molecule has 6 nitrogen and oxygen atoms in total. The number of benzene rings is 1. The van der Waals surface area contributed by atoms with Gasteiger partial charge in [0.2, 0.25) is 0 Å². The van der Waals surface area contributed by atoms with E-state index in [1.165, 1.54) is 11.3 Å². The number of carboxylic acid groups (broad SMARTS) is 1. The average molecular weight is 290 g/mol. The van der Waals surface area contributed by atoms with Crippen molar-refractivity contribution in [3.63, 3.8) is 0 Å². The number of carbonyl (C=O) groups is 1. The van der Waals surface area contributed by atoms with Gasteiger partial charge in [-0.2, -0.15) is 0 Å². The van der Waals surface area contributed by atoms with Crippen LogP contribution >= 0.6 is 11.3 Å². The Kier molecular flexibility index (Phi) is 4.95. The number of nitrogens with zero attached hydrogens (tertiary/aromatic N) is 3. The maximum absolute atomic E-state index is 11.4. The van der Waals surface area contributed by atoms with Crippen LogP contribution in [0.5, 0.6) is 0 Å². The molecule has 0 saturated heterocycles. The standard InChI is InChI=1S/C13H14N4O2S/c14-17-16-7-3-6-15-12(13(18)19)10-8-20-11-5-2-1-4-9(10)11/h1-2,4-5,8,12,15H,3,6-7H2,(H,18,19). The fraction of sp³-hybridized carbons (Fsp3) is 0.308. The third-order valence-corrected chi connectivity index (χ3v) is 3.90. The molecule has 104 valence electrons.